The van der Waals surface area contributed by atoms with Gasteiger partial charge in [-0.2, -0.15) is 9.35 Å². The van der Waals surface area contributed by atoms with Crippen molar-refractivity contribution in [1.29, 1.82) is 0 Å². The molecule has 3 aromatic rings. The van der Waals surface area contributed by atoms with Crippen LogP contribution in [-0.2, 0) is 19.9 Å². The second-order valence-electron chi connectivity index (χ2n) is 10.6. The molecule has 2 aliphatic heterocycles. The van der Waals surface area contributed by atoms with Crippen molar-refractivity contribution >= 4 is 44.5 Å². The lowest BCUT2D eigenvalue weighted by Crippen LogP contribution is -2.44. The summed E-state index contributed by atoms with van der Waals surface area (Å²) in [4.78, 5) is 21.1. The predicted octanol–water partition coefficient (Wildman–Crippen LogP) is 3.78. The van der Waals surface area contributed by atoms with Crippen LogP contribution in [0.25, 0.3) is 0 Å². The minimum atomic E-state index is -2.33. The fourth-order valence-corrected chi connectivity index (χ4v) is 5.55. The number of nitrogens with zero attached hydrogens (tertiary/aromatic N) is 7. The average molecular weight is 537 g/mol. The summed E-state index contributed by atoms with van der Waals surface area (Å²) in [5, 5.41) is 3.36. The van der Waals surface area contributed by atoms with Gasteiger partial charge in [0.1, 0.15) is 11.6 Å². The highest BCUT2D eigenvalue weighted by atomic mass is 32.2. The smallest absolute Gasteiger partial charge is 0.229 e. The fraction of sp³-hybridized carbons (Fsp3) is 0.444. The second kappa shape index (κ2) is 10.5. The van der Waals surface area contributed by atoms with Crippen LogP contribution < -0.4 is 15.1 Å². The molecule has 4 heterocycles. The van der Waals surface area contributed by atoms with Crippen molar-refractivity contribution in [1.82, 2.24) is 19.9 Å². The Morgan fingerprint density at radius 3 is 2.50 bits per heavy atom. The van der Waals surface area contributed by atoms with E-state index in [4.69, 9.17) is 9.72 Å². The van der Waals surface area contributed by atoms with Gasteiger partial charge in [0, 0.05) is 90.6 Å². The van der Waals surface area contributed by atoms with Crippen molar-refractivity contribution in [3.05, 3.63) is 54.2 Å². The minimum absolute atomic E-state index is 0.315. The van der Waals surface area contributed by atoms with Gasteiger partial charge >= 0.3 is 0 Å². The molecule has 0 bridgehead atoms. The molecule has 0 aliphatic carbocycles. The Bertz CT molecular complexity index is 1410. The third-order valence-electron chi connectivity index (χ3n) is 6.95. The molecule has 11 heteroatoms. The molecule has 1 N–H and O–H groups in total. The first-order valence-electron chi connectivity index (χ1n) is 12.7. The van der Waals surface area contributed by atoms with Gasteiger partial charge in [0.25, 0.3) is 0 Å². The van der Waals surface area contributed by atoms with E-state index in [1.54, 1.807) is 25.7 Å². The number of methoxy groups -OCH3 is 1. The third kappa shape index (κ3) is 5.74. The van der Waals surface area contributed by atoms with Crippen LogP contribution in [0.2, 0.25) is 0 Å². The summed E-state index contributed by atoms with van der Waals surface area (Å²) >= 11 is 0. The number of nitrogens with one attached hydrogen (secondary N) is 1. The molecule has 0 unspecified atom stereocenters. The van der Waals surface area contributed by atoms with Gasteiger partial charge in [-0.25, -0.2) is 14.2 Å². The quantitative estimate of drug-likeness (QED) is 0.484. The predicted molar refractivity (Wildman–Crippen MR) is 154 cm³/mol. The zero-order valence-corrected chi connectivity index (χ0v) is 23.5. The Balaban J connectivity index is 1.42. The zero-order valence-electron chi connectivity index (χ0n) is 22.7. The van der Waals surface area contributed by atoms with E-state index in [1.807, 2.05) is 18.3 Å². The molecule has 0 radical (unpaired) electrons. The molecule has 2 aliphatic rings. The van der Waals surface area contributed by atoms with E-state index in [0.29, 0.717) is 30.7 Å². The summed E-state index contributed by atoms with van der Waals surface area (Å²) in [5.74, 6) is 2.41. The maximum Gasteiger partial charge on any atom is 0.229 e. The molecule has 1 atom stereocenters. The number of benzene rings is 1. The Morgan fingerprint density at radius 2 is 1.82 bits per heavy atom. The fourth-order valence-electron chi connectivity index (χ4n) is 4.99. The van der Waals surface area contributed by atoms with Crippen LogP contribution >= 0.6 is 0 Å². The van der Waals surface area contributed by atoms with Crippen molar-refractivity contribution in [2.24, 2.45) is 4.36 Å². The lowest BCUT2D eigenvalue weighted by atomic mass is 9.87. The molecule has 202 valence electrons. The van der Waals surface area contributed by atoms with Crippen molar-refractivity contribution in [2.45, 2.75) is 12.3 Å². The molecule has 38 heavy (non-hydrogen) atoms. The zero-order chi connectivity index (χ0) is 26.9. The number of anilines is 5. The van der Waals surface area contributed by atoms with E-state index in [0.717, 1.165) is 43.2 Å². The summed E-state index contributed by atoms with van der Waals surface area (Å²) in [6.45, 7) is 7.49. The van der Waals surface area contributed by atoms with E-state index < -0.39 is 9.73 Å². The summed E-state index contributed by atoms with van der Waals surface area (Å²) in [6, 6.07) is 14.0. The van der Waals surface area contributed by atoms with Crippen LogP contribution in [-0.4, -0.2) is 90.1 Å². The molecule has 1 fully saturated rings. The summed E-state index contributed by atoms with van der Waals surface area (Å²) < 4.78 is 22.1. The van der Waals surface area contributed by atoms with Crippen molar-refractivity contribution in [3.8, 4) is 0 Å². The topological polar surface area (TPSA) is 99.1 Å². The molecule has 1 aromatic carbocycles. The SMILES string of the molecule is COC[C@]1(C)CN(c2cccc(N=S(C)(C)=O)n2)c2nc(Nc3ccc(N4CCN(C)CC4)cc3)ncc21. The van der Waals surface area contributed by atoms with E-state index >= 15 is 0 Å². The molecule has 0 amide bonds. The average Bonchev–Trinajstić information content (AvgIpc) is 3.16. The number of hydrogen-bond acceptors (Lipinski definition) is 10. The van der Waals surface area contributed by atoms with Crippen LogP contribution in [0, 0.1) is 0 Å². The highest BCUT2D eigenvalue weighted by Gasteiger charge is 2.42. The van der Waals surface area contributed by atoms with Gasteiger partial charge in [0.2, 0.25) is 5.95 Å². The Labute approximate surface area is 225 Å². The number of pyridine rings is 1. The Morgan fingerprint density at radius 1 is 1.08 bits per heavy atom. The van der Waals surface area contributed by atoms with Gasteiger partial charge in [0.15, 0.2) is 5.82 Å². The molecule has 0 spiro atoms. The second-order valence-corrected chi connectivity index (χ2v) is 13.1. The Hall–Kier alpha value is -3.28. The number of rotatable bonds is 7. The van der Waals surface area contributed by atoms with Crippen LogP contribution in [0.15, 0.2) is 53.0 Å². The van der Waals surface area contributed by atoms with Gasteiger partial charge in [0.05, 0.1) is 6.61 Å². The number of hydrogen-bond donors (Lipinski definition) is 1. The van der Waals surface area contributed by atoms with Crippen LogP contribution in [0.1, 0.15) is 12.5 Å². The van der Waals surface area contributed by atoms with Gasteiger partial charge in [-0.15, -0.1) is 0 Å². The molecule has 2 aromatic heterocycles. The van der Waals surface area contributed by atoms with E-state index in [1.165, 1.54) is 5.69 Å². The number of ether oxygens (including phenoxy) is 1. The van der Waals surface area contributed by atoms with Crippen LogP contribution in [0.4, 0.5) is 34.8 Å². The van der Waals surface area contributed by atoms with Gasteiger partial charge < -0.3 is 24.8 Å². The van der Waals surface area contributed by atoms with Crippen molar-refractivity contribution in [3.63, 3.8) is 0 Å². The summed E-state index contributed by atoms with van der Waals surface area (Å²) in [5.41, 5.74) is 2.82. The molecule has 5 rings (SSSR count). The van der Waals surface area contributed by atoms with Gasteiger partial charge in [-0.05, 0) is 43.4 Å². The maximum atomic E-state index is 12.2. The summed E-state index contributed by atoms with van der Waals surface area (Å²) in [7, 11) is 1.53. The molecule has 1 saturated heterocycles. The van der Waals surface area contributed by atoms with Gasteiger partial charge in [-0.3, -0.25) is 0 Å². The molecule has 0 saturated carbocycles. The highest BCUT2D eigenvalue weighted by molar-refractivity contribution is 7.92. The number of likely N-dealkylation sites (N-methyl/N-ethyl adjacent to an activating group) is 1. The van der Waals surface area contributed by atoms with Crippen molar-refractivity contribution < 1.29 is 8.95 Å². The van der Waals surface area contributed by atoms with Crippen LogP contribution in [0.3, 0.4) is 0 Å². The normalized spacial score (nSPS) is 19.9. The van der Waals surface area contributed by atoms with Crippen molar-refractivity contribution in [2.75, 3.05) is 81.1 Å². The molecular formula is C27H36N8O2S. The largest absolute Gasteiger partial charge is 0.384 e. The standard InChI is InChI=1S/C27H36N8O2S/c1-27(19-37-3)18-35(24-8-6-7-23(30-24)32-38(4,5)36)25-22(27)17-28-26(31-25)29-20-9-11-21(12-10-20)34-15-13-33(2)14-16-34/h6-12,17H,13-16,18-19H2,1-5H3,(H,28,29,31)/t27-/m0/s1. The molecule has 10 nitrogen and oxygen atoms in total. The Kier molecular flexibility index (Phi) is 7.26. The summed E-state index contributed by atoms with van der Waals surface area (Å²) in [6.07, 6.45) is 5.08. The monoisotopic (exact) mass is 536 g/mol. The number of aromatic nitrogens is 3. The van der Waals surface area contributed by atoms with Gasteiger partial charge in [-0.1, -0.05) is 13.0 Å². The first-order valence-corrected chi connectivity index (χ1v) is 15.1. The lowest BCUT2D eigenvalue weighted by molar-refractivity contribution is 0.145. The third-order valence-corrected chi connectivity index (χ3v) is 7.57. The van der Waals surface area contributed by atoms with E-state index in [2.05, 4.69) is 72.6 Å². The van der Waals surface area contributed by atoms with E-state index in [-0.39, 0.29) is 5.41 Å². The maximum absolute atomic E-state index is 12.2. The number of piperazine rings is 1. The highest BCUT2D eigenvalue weighted by Crippen LogP contribution is 2.43. The first kappa shape index (κ1) is 26.3. The molecular weight excluding hydrogens is 500 g/mol. The lowest BCUT2D eigenvalue weighted by Gasteiger charge is -2.34. The first-order chi connectivity index (χ1) is 18.1. The minimum Gasteiger partial charge on any atom is -0.384 e. The van der Waals surface area contributed by atoms with E-state index in [9.17, 15) is 4.21 Å². The number of fused-ring (bicyclic) bond motifs is 1. The van der Waals surface area contributed by atoms with Crippen LogP contribution in [0.5, 0.6) is 0 Å².